The standard InChI is InChI=1S/C12H14BrN3O4S/c1-7(2)12-15-11(16-20-12)6-19-10-4-3-8(5-9(10)13)21(14,17)18/h3-5,7H,6H2,1-2H3,(H2,14,17,18). The Kier molecular flexibility index (Phi) is 4.64. The summed E-state index contributed by atoms with van der Waals surface area (Å²) >= 11 is 3.23. The average Bonchev–Trinajstić information content (AvgIpc) is 2.85. The Hall–Kier alpha value is -1.45. The number of benzene rings is 1. The Balaban J connectivity index is 2.09. The van der Waals surface area contributed by atoms with Crippen LogP contribution >= 0.6 is 15.9 Å². The topological polar surface area (TPSA) is 108 Å². The quantitative estimate of drug-likeness (QED) is 0.857. The lowest BCUT2D eigenvalue weighted by atomic mass is 10.2. The third-order valence-electron chi connectivity index (χ3n) is 2.57. The molecule has 0 bridgehead atoms. The summed E-state index contributed by atoms with van der Waals surface area (Å²) in [4.78, 5) is 4.18. The molecule has 1 aromatic carbocycles. The lowest BCUT2D eigenvalue weighted by Gasteiger charge is -2.07. The van der Waals surface area contributed by atoms with E-state index in [-0.39, 0.29) is 17.4 Å². The van der Waals surface area contributed by atoms with Crippen molar-refractivity contribution in [2.75, 3.05) is 0 Å². The second-order valence-corrected chi connectivity index (χ2v) is 7.05. The number of ether oxygens (including phenoxy) is 1. The van der Waals surface area contributed by atoms with Gasteiger partial charge >= 0.3 is 0 Å². The third kappa shape index (κ3) is 4.02. The molecule has 0 saturated heterocycles. The molecule has 0 aliphatic heterocycles. The minimum absolute atomic E-state index is 0.00313. The Morgan fingerprint density at radius 3 is 2.67 bits per heavy atom. The van der Waals surface area contributed by atoms with Crippen molar-refractivity contribution in [1.29, 1.82) is 0 Å². The van der Waals surface area contributed by atoms with Crippen molar-refractivity contribution in [3.05, 3.63) is 34.4 Å². The first kappa shape index (κ1) is 15.9. The summed E-state index contributed by atoms with van der Waals surface area (Å²) in [6.07, 6.45) is 0. The van der Waals surface area contributed by atoms with E-state index < -0.39 is 10.0 Å². The number of primary sulfonamides is 1. The molecule has 9 heteroatoms. The largest absolute Gasteiger partial charge is 0.484 e. The monoisotopic (exact) mass is 375 g/mol. The van der Waals surface area contributed by atoms with E-state index in [1.807, 2.05) is 13.8 Å². The van der Waals surface area contributed by atoms with Crippen LogP contribution in [0.15, 0.2) is 32.1 Å². The van der Waals surface area contributed by atoms with Crippen LogP contribution in [0.25, 0.3) is 0 Å². The van der Waals surface area contributed by atoms with Crippen LogP contribution in [0.3, 0.4) is 0 Å². The molecule has 2 aromatic rings. The van der Waals surface area contributed by atoms with E-state index in [0.29, 0.717) is 21.9 Å². The lowest BCUT2D eigenvalue weighted by molar-refractivity contribution is 0.282. The molecule has 0 radical (unpaired) electrons. The van der Waals surface area contributed by atoms with E-state index in [0.717, 1.165) is 0 Å². The highest BCUT2D eigenvalue weighted by atomic mass is 79.9. The molecule has 0 saturated carbocycles. The van der Waals surface area contributed by atoms with Crippen molar-refractivity contribution in [1.82, 2.24) is 10.1 Å². The second-order valence-electron chi connectivity index (χ2n) is 4.63. The molecular formula is C12H14BrN3O4S. The molecule has 114 valence electrons. The zero-order valence-electron chi connectivity index (χ0n) is 11.4. The number of aromatic nitrogens is 2. The fourth-order valence-electron chi connectivity index (χ4n) is 1.48. The van der Waals surface area contributed by atoms with Crippen molar-refractivity contribution in [3.8, 4) is 5.75 Å². The maximum atomic E-state index is 11.2. The van der Waals surface area contributed by atoms with Crippen LogP contribution < -0.4 is 9.88 Å². The van der Waals surface area contributed by atoms with Gasteiger partial charge in [-0.1, -0.05) is 19.0 Å². The highest BCUT2D eigenvalue weighted by molar-refractivity contribution is 9.10. The third-order valence-corrected chi connectivity index (χ3v) is 4.10. The van der Waals surface area contributed by atoms with E-state index >= 15 is 0 Å². The van der Waals surface area contributed by atoms with Crippen molar-refractivity contribution in [3.63, 3.8) is 0 Å². The first-order chi connectivity index (χ1) is 9.77. The fourth-order valence-corrected chi connectivity index (χ4v) is 2.66. The molecule has 0 aliphatic rings. The molecule has 1 aromatic heterocycles. The van der Waals surface area contributed by atoms with Crippen LogP contribution in [0.5, 0.6) is 5.75 Å². The van der Waals surface area contributed by atoms with Crippen LogP contribution in [0, 0.1) is 0 Å². The number of hydrogen-bond acceptors (Lipinski definition) is 6. The van der Waals surface area contributed by atoms with Gasteiger partial charge in [0.1, 0.15) is 5.75 Å². The zero-order chi connectivity index (χ0) is 15.6. The van der Waals surface area contributed by atoms with E-state index in [9.17, 15) is 8.42 Å². The van der Waals surface area contributed by atoms with Crippen molar-refractivity contribution in [2.24, 2.45) is 5.14 Å². The van der Waals surface area contributed by atoms with Crippen molar-refractivity contribution < 1.29 is 17.7 Å². The Bertz CT molecular complexity index is 743. The highest BCUT2D eigenvalue weighted by Crippen LogP contribution is 2.28. The van der Waals surface area contributed by atoms with Crippen LogP contribution in [0.1, 0.15) is 31.5 Å². The Labute approximate surface area is 130 Å². The minimum atomic E-state index is -3.74. The number of nitrogens with zero attached hydrogens (tertiary/aromatic N) is 2. The highest BCUT2D eigenvalue weighted by Gasteiger charge is 2.13. The van der Waals surface area contributed by atoms with Crippen LogP contribution in [-0.2, 0) is 16.6 Å². The van der Waals surface area contributed by atoms with E-state index in [2.05, 4.69) is 26.1 Å². The van der Waals surface area contributed by atoms with Gasteiger partial charge in [0.05, 0.1) is 9.37 Å². The molecule has 0 atom stereocenters. The van der Waals surface area contributed by atoms with Gasteiger partial charge in [-0.05, 0) is 34.1 Å². The van der Waals surface area contributed by atoms with Gasteiger partial charge in [0.2, 0.25) is 21.7 Å². The molecule has 0 aliphatic carbocycles. The van der Waals surface area contributed by atoms with E-state index in [1.165, 1.54) is 18.2 Å². The first-order valence-electron chi connectivity index (χ1n) is 6.05. The van der Waals surface area contributed by atoms with Gasteiger partial charge in [0, 0.05) is 5.92 Å². The number of nitrogens with two attached hydrogens (primary N) is 1. The minimum Gasteiger partial charge on any atom is -0.484 e. The van der Waals surface area contributed by atoms with Gasteiger partial charge in [0.25, 0.3) is 0 Å². The predicted molar refractivity (Wildman–Crippen MR) is 78.2 cm³/mol. The summed E-state index contributed by atoms with van der Waals surface area (Å²) in [5.74, 6) is 1.56. The predicted octanol–water partition coefficient (Wildman–Crippen LogP) is 2.18. The maximum absolute atomic E-state index is 11.2. The van der Waals surface area contributed by atoms with Crippen LogP contribution in [-0.4, -0.2) is 18.6 Å². The lowest BCUT2D eigenvalue weighted by Crippen LogP contribution is -2.12. The molecule has 0 fully saturated rings. The summed E-state index contributed by atoms with van der Waals surface area (Å²) in [6, 6.07) is 4.25. The number of rotatable bonds is 5. The number of sulfonamides is 1. The maximum Gasteiger partial charge on any atom is 0.238 e. The molecule has 2 N–H and O–H groups in total. The molecule has 0 spiro atoms. The molecule has 21 heavy (non-hydrogen) atoms. The van der Waals surface area contributed by atoms with Gasteiger partial charge in [-0.3, -0.25) is 0 Å². The smallest absolute Gasteiger partial charge is 0.238 e. The molecule has 0 amide bonds. The van der Waals surface area contributed by atoms with Crippen LogP contribution in [0.4, 0.5) is 0 Å². The molecular weight excluding hydrogens is 362 g/mol. The van der Waals surface area contributed by atoms with E-state index in [1.54, 1.807) is 0 Å². The van der Waals surface area contributed by atoms with Crippen molar-refractivity contribution >= 4 is 26.0 Å². The summed E-state index contributed by atoms with van der Waals surface area (Å²) < 4.78 is 33.5. The SMILES string of the molecule is CC(C)c1nc(COc2ccc(S(N)(=O)=O)cc2Br)no1. The summed E-state index contributed by atoms with van der Waals surface area (Å²) in [5.41, 5.74) is 0. The van der Waals surface area contributed by atoms with Gasteiger partial charge in [-0.15, -0.1) is 0 Å². The van der Waals surface area contributed by atoms with Gasteiger partial charge in [-0.25, -0.2) is 13.6 Å². The Morgan fingerprint density at radius 2 is 2.14 bits per heavy atom. The molecule has 1 heterocycles. The van der Waals surface area contributed by atoms with Crippen molar-refractivity contribution in [2.45, 2.75) is 31.3 Å². The number of halogens is 1. The zero-order valence-corrected chi connectivity index (χ0v) is 13.8. The molecule has 7 nitrogen and oxygen atoms in total. The number of hydrogen-bond donors (Lipinski definition) is 1. The second kappa shape index (κ2) is 6.12. The average molecular weight is 376 g/mol. The fraction of sp³-hybridized carbons (Fsp3) is 0.333. The van der Waals surface area contributed by atoms with E-state index in [4.69, 9.17) is 14.4 Å². The van der Waals surface area contributed by atoms with Gasteiger partial charge in [0.15, 0.2) is 6.61 Å². The Morgan fingerprint density at radius 1 is 1.43 bits per heavy atom. The summed E-state index contributed by atoms with van der Waals surface area (Å²) in [5, 5.41) is 8.85. The first-order valence-corrected chi connectivity index (χ1v) is 8.39. The van der Waals surface area contributed by atoms with Crippen LogP contribution in [0.2, 0.25) is 0 Å². The van der Waals surface area contributed by atoms with Gasteiger partial charge < -0.3 is 9.26 Å². The summed E-state index contributed by atoms with van der Waals surface area (Å²) in [7, 11) is -3.74. The molecule has 0 unspecified atom stereocenters. The van der Waals surface area contributed by atoms with Gasteiger partial charge in [-0.2, -0.15) is 4.98 Å². The summed E-state index contributed by atoms with van der Waals surface area (Å²) in [6.45, 7) is 4.00. The normalized spacial score (nSPS) is 11.9. The molecule has 2 rings (SSSR count).